The van der Waals surface area contributed by atoms with Gasteiger partial charge >= 0.3 is 0 Å². The van der Waals surface area contributed by atoms with Crippen LogP contribution in [0.5, 0.6) is 0 Å². The predicted molar refractivity (Wildman–Crippen MR) is 96.9 cm³/mol. The quantitative estimate of drug-likeness (QED) is 0.391. The lowest BCUT2D eigenvalue weighted by atomic mass is 9.94. The summed E-state index contributed by atoms with van der Waals surface area (Å²) in [5, 5.41) is 1.97. The average Bonchev–Trinajstić information content (AvgIpc) is 2.56. The van der Waals surface area contributed by atoms with Crippen LogP contribution in [0.25, 0.3) is 0 Å². The summed E-state index contributed by atoms with van der Waals surface area (Å²) >= 11 is 4.38. The van der Waals surface area contributed by atoms with Gasteiger partial charge in [0.1, 0.15) is 5.69 Å². The van der Waals surface area contributed by atoms with E-state index in [0.29, 0.717) is 5.92 Å². The van der Waals surface area contributed by atoms with Gasteiger partial charge in [0.05, 0.1) is 5.16 Å². The summed E-state index contributed by atoms with van der Waals surface area (Å²) in [6.45, 7) is 6.29. The Balaban J connectivity index is 2.45. The van der Waals surface area contributed by atoms with Crippen LogP contribution < -0.4 is 0 Å². The van der Waals surface area contributed by atoms with E-state index in [4.69, 9.17) is 0 Å². The molecule has 0 saturated carbocycles. The summed E-state index contributed by atoms with van der Waals surface area (Å²) < 4.78 is 27.7. The SMILES string of the molecule is CCc1ccc(C#Cc2cc(F)c(N=C=S)c(F)c2)c(C(C)C)c1. The first-order chi connectivity index (χ1) is 11.5. The molecule has 0 atom stereocenters. The highest BCUT2D eigenvalue weighted by Crippen LogP contribution is 2.24. The maximum Gasteiger partial charge on any atom is 0.153 e. The lowest BCUT2D eigenvalue weighted by Crippen LogP contribution is -1.95. The molecule has 0 aliphatic rings. The van der Waals surface area contributed by atoms with Gasteiger partial charge < -0.3 is 0 Å². The molecule has 0 N–H and O–H groups in total. The van der Waals surface area contributed by atoms with Gasteiger partial charge in [-0.3, -0.25) is 0 Å². The summed E-state index contributed by atoms with van der Waals surface area (Å²) in [5.74, 6) is 4.55. The molecule has 1 nitrogen and oxygen atoms in total. The molecule has 0 unspecified atom stereocenters. The summed E-state index contributed by atoms with van der Waals surface area (Å²) in [6.07, 6.45) is 0.950. The van der Waals surface area contributed by atoms with E-state index in [0.717, 1.165) is 29.7 Å². The molecule has 4 heteroatoms. The minimum Gasteiger partial charge on any atom is -0.204 e. The third-order valence-corrected chi connectivity index (χ3v) is 3.75. The minimum atomic E-state index is -0.804. The zero-order valence-electron chi connectivity index (χ0n) is 13.8. The number of hydrogen-bond donors (Lipinski definition) is 0. The molecule has 0 aliphatic carbocycles. The van der Waals surface area contributed by atoms with Crippen molar-refractivity contribution in [1.82, 2.24) is 0 Å². The van der Waals surface area contributed by atoms with Gasteiger partial charge in [-0.25, -0.2) is 8.78 Å². The van der Waals surface area contributed by atoms with E-state index in [1.54, 1.807) is 0 Å². The van der Waals surface area contributed by atoms with E-state index in [1.165, 1.54) is 5.56 Å². The summed E-state index contributed by atoms with van der Waals surface area (Å²) in [5.41, 5.74) is 3.05. The van der Waals surface area contributed by atoms with E-state index in [2.05, 4.69) is 55.9 Å². The second-order valence-corrected chi connectivity index (χ2v) is 5.85. The van der Waals surface area contributed by atoms with Crippen molar-refractivity contribution in [3.05, 3.63) is 64.2 Å². The molecular formula is C20H17F2NS. The van der Waals surface area contributed by atoms with Crippen molar-refractivity contribution in [2.75, 3.05) is 0 Å². The van der Waals surface area contributed by atoms with Gasteiger partial charge in [-0.1, -0.05) is 44.7 Å². The summed E-state index contributed by atoms with van der Waals surface area (Å²) in [6, 6.07) is 8.41. The van der Waals surface area contributed by atoms with Crippen molar-refractivity contribution < 1.29 is 8.78 Å². The number of thiocarbonyl (C=S) groups is 1. The maximum atomic E-state index is 13.8. The summed E-state index contributed by atoms with van der Waals surface area (Å²) in [4.78, 5) is 3.39. The Labute approximate surface area is 146 Å². The number of aryl methyl sites for hydroxylation is 1. The van der Waals surface area contributed by atoms with Crippen LogP contribution in [0.1, 0.15) is 48.9 Å². The molecule has 0 fully saturated rings. The maximum absolute atomic E-state index is 13.8. The molecule has 0 heterocycles. The molecule has 0 radical (unpaired) electrons. The summed E-state index contributed by atoms with van der Waals surface area (Å²) in [7, 11) is 0. The number of aliphatic imine (C=N–C) groups is 1. The van der Waals surface area contributed by atoms with Crippen LogP contribution >= 0.6 is 12.2 Å². The van der Waals surface area contributed by atoms with Crippen LogP contribution in [0.4, 0.5) is 14.5 Å². The monoisotopic (exact) mass is 341 g/mol. The van der Waals surface area contributed by atoms with Gasteiger partial charge in [-0.2, -0.15) is 4.99 Å². The third kappa shape index (κ3) is 4.14. The Kier molecular flexibility index (Phi) is 5.98. The molecule has 2 aromatic rings. The van der Waals surface area contributed by atoms with E-state index < -0.39 is 17.3 Å². The fraction of sp³-hybridized carbons (Fsp3) is 0.250. The predicted octanol–water partition coefficient (Wildman–Crippen LogP) is 5.78. The van der Waals surface area contributed by atoms with Gasteiger partial charge in [0.25, 0.3) is 0 Å². The number of rotatable bonds is 3. The molecule has 0 aliphatic heterocycles. The van der Waals surface area contributed by atoms with E-state index in [1.807, 2.05) is 17.3 Å². The number of nitrogens with zero attached hydrogens (tertiary/aromatic N) is 1. The van der Waals surface area contributed by atoms with Crippen LogP contribution in [0.3, 0.4) is 0 Å². The zero-order valence-corrected chi connectivity index (χ0v) is 14.6. The van der Waals surface area contributed by atoms with Gasteiger partial charge in [-0.15, -0.1) is 0 Å². The minimum absolute atomic E-state index is 0.252. The molecular weight excluding hydrogens is 324 g/mol. The molecule has 122 valence electrons. The Morgan fingerprint density at radius 2 is 1.75 bits per heavy atom. The van der Waals surface area contributed by atoms with Crippen LogP contribution in [0, 0.1) is 23.5 Å². The van der Waals surface area contributed by atoms with Crippen molar-refractivity contribution >= 4 is 23.1 Å². The molecule has 0 saturated heterocycles. The van der Waals surface area contributed by atoms with Crippen molar-refractivity contribution in [3.63, 3.8) is 0 Å². The zero-order chi connectivity index (χ0) is 17.7. The third-order valence-electron chi connectivity index (χ3n) is 3.66. The topological polar surface area (TPSA) is 12.4 Å². The molecule has 0 bridgehead atoms. The highest BCUT2D eigenvalue weighted by molar-refractivity contribution is 7.78. The van der Waals surface area contributed by atoms with Crippen molar-refractivity contribution in [3.8, 4) is 11.8 Å². The fourth-order valence-electron chi connectivity index (χ4n) is 2.35. The molecule has 2 rings (SSSR count). The highest BCUT2D eigenvalue weighted by Gasteiger charge is 2.10. The second kappa shape index (κ2) is 7.97. The number of hydrogen-bond acceptors (Lipinski definition) is 2. The lowest BCUT2D eigenvalue weighted by molar-refractivity contribution is 0.587. The fourth-order valence-corrected chi connectivity index (χ4v) is 2.44. The van der Waals surface area contributed by atoms with Gasteiger partial charge in [-0.05, 0) is 53.9 Å². The van der Waals surface area contributed by atoms with Crippen molar-refractivity contribution in [1.29, 1.82) is 0 Å². The Bertz CT molecular complexity index is 846. The van der Waals surface area contributed by atoms with Gasteiger partial charge in [0.2, 0.25) is 0 Å². The van der Waals surface area contributed by atoms with Gasteiger partial charge in [0.15, 0.2) is 11.6 Å². The van der Waals surface area contributed by atoms with E-state index >= 15 is 0 Å². The Morgan fingerprint density at radius 3 is 2.29 bits per heavy atom. The Hall–Kier alpha value is -2.34. The van der Waals surface area contributed by atoms with Crippen LogP contribution in [-0.4, -0.2) is 5.16 Å². The first-order valence-corrected chi connectivity index (χ1v) is 8.08. The van der Waals surface area contributed by atoms with E-state index in [9.17, 15) is 8.78 Å². The largest absolute Gasteiger partial charge is 0.204 e. The molecule has 24 heavy (non-hydrogen) atoms. The van der Waals surface area contributed by atoms with Crippen LogP contribution in [0.15, 0.2) is 35.3 Å². The number of isothiocyanates is 1. The molecule has 2 aromatic carbocycles. The second-order valence-electron chi connectivity index (χ2n) is 5.67. The van der Waals surface area contributed by atoms with E-state index in [-0.39, 0.29) is 5.56 Å². The Morgan fingerprint density at radius 1 is 1.08 bits per heavy atom. The van der Waals surface area contributed by atoms with Crippen LogP contribution in [-0.2, 0) is 6.42 Å². The van der Waals surface area contributed by atoms with Gasteiger partial charge in [0, 0.05) is 11.1 Å². The van der Waals surface area contributed by atoms with Crippen molar-refractivity contribution in [2.45, 2.75) is 33.1 Å². The first-order valence-electron chi connectivity index (χ1n) is 7.68. The average molecular weight is 341 g/mol. The number of benzene rings is 2. The molecule has 0 aromatic heterocycles. The lowest BCUT2D eigenvalue weighted by Gasteiger charge is -2.10. The highest BCUT2D eigenvalue weighted by atomic mass is 32.1. The molecule has 0 amide bonds. The first kappa shape index (κ1) is 18.0. The smallest absolute Gasteiger partial charge is 0.153 e. The van der Waals surface area contributed by atoms with Crippen molar-refractivity contribution in [2.24, 2.45) is 4.99 Å². The normalized spacial score (nSPS) is 10.1. The van der Waals surface area contributed by atoms with Crippen LogP contribution in [0.2, 0.25) is 0 Å². The number of halogens is 2. The molecule has 0 spiro atoms. The standard InChI is InChI=1S/C20H17F2NS/c1-4-14-5-7-16(17(9-14)13(2)3)8-6-15-10-18(21)20(23-12-24)19(22)11-15/h5,7,9-11,13H,4H2,1-3H3.